The summed E-state index contributed by atoms with van der Waals surface area (Å²) in [5.74, 6) is 0.738. The van der Waals surface area contributed by atoms with E-state index in [0.717, 1.165) is 44.9 Å². The van der Waals surface area contributed by atoms with Crippen LogP contribution in [0.4, 0.5) is 0 Å². The van der Waals surface area contributed by atoms with E-state index in [0.29, 0.717) is 0 Å². The summed E-state index contributed by atoms with van der Waals surface area (Å²) in [6, 6.07) is 75.3. The number of rotatable bonds is 4. The molecular formula is C61H40N4. The lowest BCUT2D eigenvalue weighted by molar-refractivity contribution is 0.660. The van der Waals surface area contributed by atoms with Crippen molar-refractivity contribution in [2.45, 2.75) is 19.3 Å². The first kappa shape index (κ1) is 36.2. The van der Waals surface area contributed by atoms with Crippen LogP contribution in [-0.4, -0.2) is 19.1 Å². The molecule has 3 heterocycles. The fourth-order valence-corrected chi connectivity index (χ4v) is 11.2. The highest BCUT2D eigenvalue weighted by Crippen LogP contribution is 2.51. The lowest BCUT2D eigenvalue weighted by atomic mass is 9.81. The Hall–Kier alpha value is -8.34. The molecule has 1 aliphatic carbocycles. The largest absolute Gasteiger partial charge is 0.309 e. The molecule has 0 unspecified atom stereocenters. The van der Waals surface area contributed by atoms with E-state index < -0.39 is 0 Å². The van der Waals surface area contributed by atoms with Crippen molar-refractivity contribution >= 4 is 76.1 Å². The van der Waals surface area contributed by atoms with Gasteiger partial charge in [0, 0.05) is 54.8 Å². The zero-order valence-electron chi connectivity index (χ0n) is 35.9. The summed E-state index contributed by atoms with van der Waals surface area (Å²) in [5, 5.41) is 11.1. The molecule has 0 radical (unpaired) electrons. The lowest BCUT2D eigenvalue weighted by Crippen LogP contribution is -2.15. The van der Waals surface area contributed by atoms with Crippen molar-refractivity contribution in [3.63, 3.8) is 0 Å². The molecule has 0 fully saturated rings. The maximum atomic E-state index is 5.25. The summed E-state index contributed by atoms with van der Waals surface area (Å²) >= 11 is 0. The Morgan fingerprint density at radius 1 is 0.369 bits per heavy atom. The van der Waals surface area contributed by atoms with Gasteiger partial charge in [0.1, 0.15) is 0 Å². The summed E-state index contributed by atoms with van der Waals surface area (Å²) in [7, 11) is 0. The third kappa shape index (κ3) is 5.14. The van der Waals surface area contributed by atoms with Crippen molar-refractivity contribution in [2.75, 3.05) is 0 Å². The Bertz CT molecular complexity index is 4140. The molecule has 0 saturated carbocycles. The van der Waals surface area contributed by atoms with E-state index in [2.05, 4.69) is 229 Å². The van der Waals surface area contributed by atoms with Gasteiger partial charge in [0.05, 0.1) is 33.3 Å². The van der Waals surface area contributed by atoms with Crippen molar-refractivity contribution < 1.29 is 0 Å². The predicted octanol–water partition coefficient (Wildman–Crippen LogP) is 15.8. The van der Waals surface area contributed by atoms with E-state index in [-0.39, 0.29) is 5.41 Å². The van der Waals surface area contributed by atoms with Gasteiger partial charge in [0.25, 0.3) is 0 Å². The maximum absolute atomic E-state index is 5.25. The van der Waals surface area contributed by atoms with Crippen LogP contribution < -0.4 is 0 Å². The predicted molar refractivity (Wildman–Crippen MR) is 272 cm³/mol. The van der Waals surface area contributed by atoms with Gasteiger partial charge in [0.2, 0.25) is 0 Å². The highest BCUT2D eigenvalue weighted by Gasteiger charge is 2.36. The van der Waals surface area contributed by atoms with Crippen molar-refractivity contribution in [1.82, 2.24) is 19.1 Å². The van der Waals surface area contributed by atoms with Gasteiger partial charge < -0.3 is 9.13 Å². The normalized spacial score (nSPS) is 13.2. The summed E-state index contributed by atoms with van der Waals surface area (Å²) in [4.78, 5) is 10.4. The molecule has 10 aromatic carbocycles. The molecule has 1 aliphatic rings. The molecule has 65 heavy (non-hydrogen) atoms. The summed E-state index contributed by atoms with van der Waals surface area (Å²) in [6.45, 7) is 4.74. The molecule has 0 spiro atoms. The highest BCUT2D eigenvalue weighted by atomic mass is 15.0. The Labute approximate surface area is 375 Å². The van der Waals surface area contributed by atoms with Gasteiger partial charge >= 0.3 is 0 Å². The Morgan fingerprint density at radius 2 is 0.923 bits per heavy atom. The van der Waals surface area contributed by atoms with E-state index in [1.807, 2.05) is 0 Å². The monoisotopic (exact) mass is 828 g/mol. The molecule has 0 amide bonds. The average Bonchev–Trinajstić information content (AvgIpc) is 3.95. The molecule has 0 aliphatic heterocycles. The van der Waals surface area contributed by atoms with Crippen LogP contribution in [0.3, 0.4) is 0 Å². The SMILES string of the molecule is CC1(C)c2cc(-c3nc(-c4ccccc4)c4ccccc4n3)ccc2-c2ccc(-n3c4cc5c(cc4c4c6ccccc6ccc43)c3c4ccccc4ccc3n5-c3ccccc3)cc21. The number of para-hydroxylation sites is 2. The van der Waals surface area contributed by atoms with Crippen molar-refractivity contribution in [2.24, 2.45) is 0 Å². The van der Waals surface area contributed by atoms with E-state index in [9.17, 15) is 0 Å². The van der Waals surface area contributed by atoms with Crippen LogP contribution in [0.15, 0.2) is 206 Å². The molecule has 14 rings (SSSR count). The van der Waals surface area contributed by atoms with Crippen molar-refractivity contribution in [3.05, 3.63) is 217 Å². The number of fused-ring (bicyclic) bond motifs is 14. The molecular weight excluding hydrogens is 789 g/mol. The Kier molecular flexibility index (Phi) is 7.42. The van der Waals surface area contributed by atoms with E-state index in [1.165, 1.54) is 87.4 Å². The molecule has 304 valence electrons. The Morgan fingerprint density at radius 3 is 1.60 bits per heavy atom. The molecule has 4 heteroatoms. The van der Waals surface area contributed by atoms with Gasteiger partial charge in [-0.1, -0.05) is 159 Å². The van der Waals surface area contributed by atoms with Crippen molar-refractivity contribution in [3.8, 4) is 45.1 Å². The van der Waals surface area contributed by atoms with Crippen LogP contribution >= 0.6 is 0 Å². The fraction of sp³-hybridized carbons (Fsp3) is 0.0492. The fourth-order valence-electron chi connectivity index (χ4n) is 11.2. The lowest BCUT2D eigenvalue weighted by Gasteiger charge is -2.23. The Balaban J connectivity index is 0.993. The van der Waals surface area contributed by atoms with Crippen LogP contribution in [0.5, 0.6) is 0 Å². The minimum Gasteiger partial charge on any atom is -0.309 e. The summed E-state index contributed by atoms with van der Waals surface area (Å²) in [5.41, 5.74) is 15.9. The second kappa shape index (κ2) is 13.3. The van der Waals surface area contributed by atoms with Gasteiger partial charge in [-0.25, -0.2) is 9.97 Å². The molecule has 13 aromatic rings. The van der Waals surface area contributed by atoms with Crippen LogP contribution in [0.25, 0.3) is 121 Å². The smallest absolute Gasteiger partial charge is 0.160 e. The molecule has 0 bridgehead atoms. The van der Waals surface area contributed by atoms with Crippen LogP contribution in [0.2, 0.25) is 0 Å². The standard InChI is InChI=1S/C61H40N4/c1-61(2)50-33-40(60-62-52-24-14-13-23-47(52)59(63-60)39-17-5-3-6-18-39)25-29-45(50)46-30-28-42(34-51(46)61)65-54-32-27-38-16-10-12-22-44(38)58(54)49-35-48-55(36-56(49)65)64(41-19-7-4-8-20-41)53-31-26-37-15-9-11-21-43(37)57(48)53/h3-36H,1-2H3. The quantitative estimate of drug-likeness (QED) is 0.177. The average molecular weight is 829 g/mol. The molecule has 4 nitrogen and oxygen atoms in total. The van der Waals surface area contributed by atoms with Crippen molar-refractivity contribution in [1.29, 1.82) is 0 Å². The highest BCUT2D eigenvalue weighted by molar-refractivity contribution is 6.28. The van der Waals surface area contributed by atoms with Gasteiger partial charge in [0.15, 0.2) is 5.82 Å². The third-order valence-corrected chi connectivity index (χ3v) is 14.3. The minimum atomic E-state index is -0.282. The maximum Gasteiger partial charge on any atom is 0.160 e. The van der Waals surface area contributed by atoms with Crippen LogP contribution in [0, 0.1) is 0 Å². The first-order valence-corrected chi connectivity index (χ1v) is 22.5. The summed E-state index contributed by atoms with van der Waals surface area (Å²) < 4.78 is 4.97. The zero-order valence-corrected chi connectivity index (χ0v) is 35.9. The van der Waals surface area contributed by atoms with Crippen LogP contribution in [0.1, 0.15) is 25.0 Å². The van der Waals surface area contributed by atoms with Crippen LogP contribution in [-0.2, 0) is 5.41 Å². The number of benzene rings is 10. The molecule has 0 N–H and O–H groups in total. The topological polar surface area (TPSA) is 35.6 Å². The molecule has 0 atom stereocenters. The minimum absolute atomic E-state index is 0.282. The van der Waals surface area contributed by atoms with E-state index in [1.54, 1.807) is 0 Å². The number of hydrogen-bond acceptors (Lipinski definition) is 2. The van der Waals surface area contributed by atoms with E-state index >= 15 is 0 Å². The molecule has 0 saturated heterocycles. The molecule has 3 aromatic heterocycles. The number of nitrogens with zero attached hydrogens (tertiary/aromatic N) is 4. The van der Waals surface area contributed by atoms with E-state index in [4.69, 9.17) is 9.97 Å². The van der Waals surface area contributed by atoms with Gasteiger partial charge in [-0.05, 0) is 104 Å². The second-order valence-corrected chi connectivity index (χ2v) is 18.1. The second-order valence-electron chi connectivity index (χ2n) is 18.1. The van der Waals surface area contributed by atoms with Gasteiger partial charge in [-0.3, -0.25) is 0 Å². The first-order chi connectivity index (χ1) is 32.0. The number of hydrogen-bond donors (Lipinski definition) is 0. The third-order valence-electron chi connectivity index (χ3n) is 14.3. The zero-order chi connectivity index (χ0) is 43.0. The van der Waals surface area contributed by atoms with Gasteiger partial charge in [-0.15, -0.1) is 0 Å². The first-order valence-electron chi connectivity index (χ1n) is 22.5. The van der Waals surface area contributed by atoms with Gasteiger partial charge in [-0.2, -0.15) is 0 Å². The number of aromatic nitrogens is 4. The summed E-state index contributed by atoms with van der Waals surface area (Å²) in [6.07, 6.45) is 0.